The standard InChI is InChI=1S/C15H24BrNS/c1-11-13(10-14(16)18-11)15(17-2)12-8-6-4-3-5-7-9-12/h10,12,15,17H,3-9H2,1-2H3. The molecule has 0 bridgehead atoms. The first-order valence-electron chi connectivity index (χ1n) is 7.15. The number of hydrogen-bond acceptors (Lipinski definition) is 2. The molecule has 0 amide bonds. The van der Waals surface area contributed by atoms with Crippen molar-refractivity contribution in [2.24, 2.45) is 5.92 Å². The van der Waals surface area contributed by atoms with Crippen molar-refractivity contribution in [3.05, 3.63) is 20.3 Å². The topological polar surface area (TPSA) is 12.0 Å². The number of halogens is 1. The number of aryl methyl sites for hydroxylation is 1. The van der Waals surface area contributed by atoms with E-state index in [2.05, 4.69) is 41.3 Å². The van der Waals surface area contributed by atoms with E-state index in [0.29, 0.717) is 6.04 Å². The van der Waals surface area contributed by atoms with Gasteiger partial charge in [0.1, 0.15) is 0 Å². The predicted molar refractivity (Wildman–Crippen MR) is 84.4 cm³/mol. The van der Waals surface area contributed by atoms with Gasteiger partial charge in [-0.3, -0.25) is 0 Å². The molecule has 1 N–H and O–H groups in total. The zero-order valence-corrected chi connectivity index (χ0v) is 13.9. The second-order valence-corrected chi connectivity index (χ2v) is 8.07. The van der Waals surface area contributed by atoms with Crippen molar-refractivity contribution in [1.82, 2.24) is 5.32 Å². The van der Waals surface area contributed by atoms with Crippen molar-refractivity contribution in [2.75, 3.05) is 7.05 Å². The highest BCUT2D eigenvalue weighted by molar-refractivity contribution is 9.11. The van der Waals surface area contributed by atoms with Gasteiger partial charge in [-0.2, -0.15) is 0 Å². The summed E-state index contributed by atoms with van der Waals surface area (Å²) in [6.45, 7) is 2.25. The number of nitrogens with one attached hydrogen (secondary N) is 1. The van der Waals surface area contributed by atoms with Crippen LogP contribution in [0.3, 0.4) is 0 Å². The van der Waals surface area contributed by atoms with Gasteiger partial charge < -0.3 is 5.32 Å². The molecule has 0 aromatic carbocycles. The quantitative estimate of drug-likeness (QED) is 0.778. The average molecular weight is 330 g/mol. The molecule has 1 saturated carbocycles. The molecule has 0 aliphatic heterocycles. The molecule has 1 fully saturated rings. The lowest BCUT2D eigenvalue weighted by molar-refractivity contribution is 0.299. The third kappa shape index (κ3) is 3.58. The van der Waals surface area contributed by atoms with E-state index >= 15 is 0 Å². The first-order valence-corrected chi connectivity index (χ1v) is 8.76. The molecule has 1 aromatic heterocycles. The van der Waals surface area contributed by atoms with Crippen molar-refractivity contribution in [3.63, 3.8) is 0 Å². The first-order chi connectivity index (χ1) is 8.72. The molecule has 1 aromatic rings. The lowest BCUT2D eigenvalue weighted by Crippen LogP contribution is -2.26. The average Bonchev–Trinajstić information content (AvgIpc) is 2.62. The SMILES string of the molecule is CNC(c1cc(Br)sc1C)C1CCCCCCC1. The van der Waals surface area contributed by atoms with Gasteiger partial charge in [0, 0.05) is 10.9 Å². The molecule has 3 heteroatoms. The van der Waals surface area contributed by atoms with Crippen LogP contribution in [0.5, 0.6) is 0 Å². The molecule has 1 nitrogen and oxygen atoms in total. The minimum Gasteiger partial charge on any atom is -0.313 e. The Balaban J connectivity index is 2.13. The van der Waals surface area contributed by atoms with Crippen LogP contribution in [0, 0.1) is 12.8 Å². The monoisotopic (exact) mass is 329 g/mol. The number of thiophene rings is 1. The predicted octanol–water partition coefficient (Wildman–Crippen LogP) is 5.44. The van der Waals surface area contributed by atoms with Crippen LogP contribution in [-0.2, 0) is 0 Å². The van der Waals surface area contributed by atoms with Gasteiger partial charge in [0.15, 0.2) is 0 Å². The third-order valence-corrected chi connectivity index (χ3v) is 5.76. The van der Waals surface area contributed by atoms with Crippen LogP contribution in [0.15, 0.2) is 9.85 Å². The van der Waals surface area contributed by atoms with E-state index in [0.717, 1.165) is 5.92 Å². The Morgan fingerprint density at radius 1 is 1.22 bits per heavy atom. The fourth-order valence-corrected chi connectivity index (χ4v) is 4.99. The summed E-state index contributed by atoms with van der Waals surface area (Å²) >= 11 is 5.49. The summed E-state index contributed by atoms with van der Waals surface area (Å²) in [6, 6.07) is 2.87. The Bertz CT molecular complexity index is 367. The molecule has 1 aliphatic rings. The maximum absolute atomic E-state index is 3.62. The van der Waals surface area contributed by atoms with Gasteiger partial charge in [-0.05, 0) is 60.3 Å². The van der Waals surface area contributed by atoms with Gasteiger partial charge in [-0.25, -0.2) is 0 Å². The van der Waals surface area contributed by atoms with Crippen LogP contribution in [0.2, 0.25) is 0 Å². The molecule has 0 radical (unpaired) electrons. The van der Waals surface area contributed by atoms with Gasteiger partial charge in [-0.15, -0.1) is 11.3 Å². The molecule has 1 aliphatic carbocycles. The Morgan fingerprint density at radius 2 is 1.83 bits per heavy atom. The molecule has 1 heterocycles. The van der Waals surface area contributed by atoms with Crippen LogP contribution >= 0.6 is 27.3 Å². The summed E-state index contributed by atoms with van der Waals surface area (Å²) in [7, 11) is 2.12. The van der Waals surface area contributed by atoms with Gasteiger partial charge in [0.2, 0.25) is 0 Å². The maximum atomic E-state index is 3.62. The summed E-state index contributed by atoms with van der Waals surface area (Å²) in [6.07, 6.45) is 9.90. The fourth-order valence-electron chi connectivity index (χ4n) is 3.23. The van der Waals surface area contributed by atoms with Crippen LogP contribution in [0.25, 0.3) is 0 Å². The van der Waals surface area contributed by atoms with Crippen molar-refractivity contribution >= 4 is 27.3 Å². The van der Waals surface area contributed by atoms with Crippen molar-refractivity contribution < 1.29 is 0 Å². The normalized spacial score (nSPS) is 20.4. The highest BCUT2D eigenvalue weighted by Gasteiger charge is 2.24. The molecule has 1 atom stereocenters. The van der Waals surface area contributed by atoms with E-state index in [1.165, 1.54) is 59.2 Å². The Hall–Kier alpha value is 0.140. The maximum Gasteiger partial charge on any atom is 0.0704 e. The fraction of sp³-hybridized carbons (Fsp3) is 0.733. The number of hydrogen-bond donors (Lipinski definition) is 1. The minimum atomic E-state index is 0.547. The Morgan fingerprint density at radius 3 is 2.33 bits per heavy atom. The van der Waals surface area contributed by atoms with Gasteiger partial charge in [-0.1, -0.05) is 32.1 Å². The molecular weight excluding hydrogens is 306 g/mol. The molecular formula is C15H24BrNS. The van der Waals surface area contributed by atoms with E-state index in [-0.39, 0.29) is 0 Å². The molecule has 0 spiro atoms. The molecule has 18 heavy (non-hydrogen) atoms. The second kappa shape index (κ2) is 7.06. The van der Waals surface area contributed by atoms with Crippen LogP contribution in [0.4, 0.5) is 0 Å². The van der Waals surface area contributed by atoms with Crippen molar-refractivity contribution in [2.45, 2.75) is 57.9 Å². The van der Waals surface area contributed by atoms with Gasteiger partial charge in [0.25, 0.3) is 0 Å². The highest BCUT2D eigenvalue weighted by atomic mass is 79.9. The zero-order valence-electron chi connectivity index (χ0n) is 11.5. The molecule has 1 unspecified atom stereocenters. The summed E-state index contributed by atoms with van der Waals surface area (Å²) in [5.74, 6) is 0.815. The summed E-state index contributed by atoms with van der Waals surface area (Å²) in [5.41, 5.74) is 1.51. The highest BCUT2D eigenvalue weighted by Crippen LogP contribution is 2.38. The summed E-state index contributed by atoms with van der Waals surface area (Å²) in [5, 5.41) is 3.58. The van der Waals surface area contributed by atoms with E-state index in [1.807, 2.05) is 11.3 Å². The Labute approximate surface area is 123 Å². The molecule has 2 rings (SSSR count). The number of rotatable bonds is 3. The van der Waals surface area contributed by atoms with Gasteiger partial charge >= 0.3 is 0 Å². The molecule has 0 saturated heterocycles. The second-order valence-electron chi connectivity index (χ2n) is 5.43. The lowest BCUT2D eigenvalue weighted by Gasteiger charge is -2.28. The van der Waals surface area contributed by atoms with E-state index in [1.54, 1.807) is 0 Å². The van der Waals surface area contributed by atoms with Crippen LogP contribution < -0.4 is 5.32 Å². The van der Waals surface area contributed by atoms with E-state index < -0.39 is 0 Å². The summed E-state index contributed by atoms with van der Waals surface area (Å²) < 4.78 is 1.26. The van der Waals surface area contributed by atoms with Crippen molar-refractivity contribution in [3.8, 4) is 0 Å². The lowest BCUT2D eigenvalue weighted by atomic mass is 9.83. The third-order valence-electron chi connectivity index (χ3n) is 4.19. The van der Waals surface area contributed by atoms with Crippen LogP contribution in [-0.4, -0.2) is 7.05 Å². The largest absolute Gasteiger partial charge is 0.313 e. The van der Waals surface area contributed by atoms with E-state index in [4.69, 9.17) is 0 Å². The smallest absolute Gasteiger partial charge is 0.0704 e. The van der Waals surface area contributed by atoms with Crippen LogP contribution in [0.1, 0.15) is 61.4 Å². The summed E-state index contributed by atoms with van der Waals surface area (Å²) in [4.78, 5) is 1.46. The molecule has 102 valence electrons. The first kappa shape index (κ1) is 14.5. The van der Waals surface area contributed by atoms with E-state index in [9.17, 15) is 0 Å². The Kier molecular flexibility index (Phi) is 5.71. The minimum absolute atomic E-state index is 0.547. The zero-order chi connectivity index (χ0) is 13.0. The van der Waals surface area contributed by atoms with Crippen molar-refractivity contribution in [1.29, 1.82) is 0 Å². The van der Waals surface area contributed by atoms with Gasteiger partial charge in [0.05, 0.1) is 3.79 Å².